The average Bonchev–Trinajstić information content (AvgIpc) is 2.95. The van der Waals surface area contributed by atoms with E-state index in [1.54, 1.807) is 0 Å². The molecular formula is C13H24N2O3S. The summed E-state index contributed by atoms with van der Waals surface area (Å²) in [5.41, 5.74) is 0. The number of nitrogens with one attached hydrogen (secondary N) is 1. The zero-order valence-corrected chi connectivity index (χ0v) is 12.6. The molecule has 2 aliphatic carbocycles. The van der Waals surface area contributed by atoms with Crippen LogP contribution in [-0.2, 0) is 14.8 Å². The summed E-state index contributed by atoms with van der Waals surface area (Å²) in [5.74, 6) is 2.03. The molecule has 5 nitrogen and oxygen atoms in total. The lowest BCUT2D eigenvalue weighted by atomic mass is 9.89. The van der Waals surface area contributed by atoms with E-state index in [0.717, 1.165) is 22.7 Å². The molecule has 0 aromatic heterocycles. The summed E-state index contributed by atoms with van der Waals surface area (Å²) < 4.78 is 24.3. The summed E-state index contributed by atoms with van der Waals surface area (Å²) in [7, 11) is -0.289. The molecular weight excluding hydrogens is 264 g/mol. The second-order valence-electron chi connectivity index (χ2n) is 6.09. The topological polar surface area (TPSA) is 66.5 Å². The summed E-state index contributed by atoms with van der Waals surface area (Å²) in [6, 6.07) is 0. The van der Waals surface area contributed by atoms with E-state index in [1.165, 1.54) is 39.8 Å². The van der Waals surface area contributed by atoms with Gasteiger partial charge in [0.05, 0.1) is 5.75 Å². The van der Waals surface area contributed by atoms with Gasteiger partial charge in [0, 0.05) is 27.1 Å². The van der Waals surface area contributed by atoms with Gasteiger partial charge >= 0.3 is 0 Å². The van der Waals surface area contributed by atoms with Crippen LogP contribution < -0.4 is 5.32 Å². The third-order valence-electron chi connectivity index (χ3n) is 4.59. The molecule has 2 aliphatic rings. The Balaban J connectivity index is 1.68. The zero-order chi connectivity index (χ0) is 14.0. The summed E-state index contributed by atoms with van der Waals surface area (Å²) in [5, 5.41) is 2.90. The molecule has 3 atom stereocenters. The molecule has 1 amide bonds. The fourth-order valence-corrected chi connectivity index (χ4v) is 4.17. The van der Waals surface area contributed by atoms with Crippen molar-refractivity contribution in [3.8, 4) is 0 Å². The Morgan fingerprint density at radius 1 is 1.26 bits per heavy atom. The lowest BCUT2D eigenvalue weighted by Crippen LogP contribution is -2.34. The van der Waals surface area contributed by atoms with Crippen LogP contribution in [0.5, 0.6) is 0 Å². The fraction of sp³-hybridized carbons (Fsp3) is 0.923. The normalized spacial score (nSPS) is 29.9. The van der Waals surface area contributed by atoms with Gasteiger partial charge in [-0.3, -0.25) is 4.79 Å². The highest BCUT2D eigenvalue weighted by Crippen LogP contribution is 2.47. The highest BCUT2D eigenvalue weighted by atomic mass is 32.2. The molecule has 0 heterocycles. The first-order chi connectivity index (χ1) is 8.88. The number of hydrogen-bond donors (Lipinski definition) is 1. The van der Waals surface area contributed by atoms with Gasteiger partial charge in [0.2, 0.25) is 15.9 Å². The van der Waals surface area contributed by atoms with Crippen LogP contribution >= 0.6 is 0 Å². The summed E-state index contributed by atoms with van der Waals surface area (Å²) in [6.07, 6.45) is 5.29. The van der Waals surface area contributed by atoms with Crippen molar-refractivity contribution in [2.45, 2.75) is 32.1 Å². The number of hydrogen-bond acceptors (Lipinski definition) is 3. The van der Waals surface area contributed by atoms with Gasteiger partial charge in [0.25, 0.3) is 0 Å². The van der Waals surface area contributed by atoms with Crippen molar-refractivity contribution in [3.63, 3.8) is 0 Å². The van der Waals surface area contributed by atoms with E-state index in [-0.39, 0.29) is 18.1 Å². The molecule has 19 heavy (non-hydrogen) atoms. The van der Waals surface area contributed by atoms with E-state index in [1.807, 2.05) is 0 Å². The first kappa shape index (κ1) is 14.8. The number of carbonyl (C=O) groups excluding carboxylic acids is 1. The fourth-order valence-electron chi connectivity index (χ4n) is 3.36. The minimum Gasteiger partial charge on any atom is -0.356 e. The van der Waals surface area contributed by atoms with Crippen LogP contribution in [0.25, 0.3) is 0 Å². The van der Waals surface area contributed by atoms with Gasteiger partial charge in [-0.05, 0) is 37.0 Å². The van der Waals surface area contributed by atoms with Crippen LogP contribution in [-0.4, -0.2) is 45.0 Å². The van der Waals surface area contributed by atoms with Crippen LogP contribution in [0, 0.1) is 17.8 Å². The maximum atomic E-state index is 11.7. The van der Waals surface area contributed by atoms with Crippen molar-refractivity contribution in [3.05, 3.63) is 0 Å². The van der Waals surface area contributed by atoms with E-state index < -0.39 is 10.0 Å². The number of fused-ring (bicyclic) bond motifs is 2. The predicted octanol–water partition coefficient (Wildman–Crippen LogP) is 0.820. The minimum absolute atomic E-state index is 0.0569. The van der Waals surface area contributed by atoms with Gasteiger partial charge in [0.1, 0.15) is 0 Å². The maximum Gasteiger partial charge on any atom is 0.221 e. The van der Waals surface area contributed by atoms with Crippen LogP contribution in [0.15, 0.2) is 0 Å². The third kappa shape index (κ3) is 3.69. The van der Waals surface area contributed by atoms with E-state index in [2.05, 4.69) is 5.32 Å². The monoisotopic (exact) mass is 288 g/mol. The number of sulfonamides is 1. The molecule has 2 rings (SSSR count). The number of carbonyl (C=O) groups is 1. The second-order valence-corrected chi connectivity index (χ2v) is 8.39. The molecule has 0 aromatic rings. The Hall–Kier alpha value is -0.620. The predicted molar refractivity (Wildman–Crippen MR) is 74.0 cm³/mol. The molecule has 3 unspecified atom stereocenters. The van der Waals surface area contributed by atoms with Gasteiger partial charge < -0.3 is 5.32 Å². The zero-order valence-electron chi connectivity index (χ0n) is 11.8. The van der Waals surface area contributed by atoms with Crippen LogP contribution in [0.3, 0.4) is 0 Å². The molecule has 0 aliphatic heterocycles. The quantitative estimate of drug-likeness (QED) is 0.787. The Morgan fingerprint density at radius 3 is 2.53 bits per heavy atom. The molecule has 2 fully saturated rings. The maximum absolute atomic E-state index is 11.7. The Morgan fingerprint density at radius 2 is 2.00 bits per heavy atom. The van der Waals surface area contributed by atoms with Crippen molar-refractivity contribution < 1.29 is 13.2 Å². The molecule has 1 N–H and O–H groups in total. The SMILES string of the molecule is CN(C)S(=O)(=O)CCC(=O)NCC1CC2CCC1C2. The lowest BCUT2D eigenvalue weighted by molar-refractivity contribution is -0.120. The van der Waals surface area contributed by atoms with E-state index in [9.17, 15) is 13.2 Å². The van der Waals surface area contributed by atoms with Gasteiger partial charge in [-0.25, -0.2) is 12.7 Å². The minimum atomic E-state index is -3.27. The Kier molecular flexibility index (Phi) is 4.50. The largest absolute Gasteiger partial charge is 0.356 e. The number of rotatable bonds is 6. The van der Waals surface area contributed by atoms with Gasteiger partial charge in [-0.1, -0.05) is 6.42 Å². The van der Waals surface area contributed by atoms with Crippen LogP contribution in [0.1, 0.15) is 32.1 Å². The molecule has 6 heteroatoms. The summed E-state index contributed by atoms with van der Waals surface area (Å²) in [4.78, 5) is 11.7. The molecule has 0 spiro atoms. The van der Waals surface area contributed by atoms with E-state index in [4.69, 9.17) is 0 Å². The lowest BCUT2D eigenvalue weighted by Gasteiger charge is -2.21. The molecule has 110 valence electrons. The van der Waals surface area contributed by atoms with Crippen molar-refractivity contribution in [2.75, 3.05) is 26.4 Å². The second kappa shape index (κ2) is 5.79. The molecule has 0 saturated heterocycles. The number of amides is 1. The van der Waals surface area contributed by atoms with Gasteiger partial charge in [-0.2, -0.15) is 0 Å². The molecule has 0 aromatic carbocycles. The first-order valence-corrected chi connectivity index (χ1v) is 8.66. The number of nitrogens with zero attached hydrogens (tertiary/aromatic N) is 1. The van der Waals surface area contributed by atoms with Gasteiger partial charge in [-0.15, -0.1) is 0 Å². The summed E-state index contributed by atoms with van der Waals surface area (Å²) in [6.45, 7) is 0.724. The summed E-state index contributed by atoms with van der Waals surface area (Å²) >= 11 is 0. The molecule has 0 radical (unpaired) electrons. The van der Waals surface area contributed by atoms with E-state index >= 15 is 0 Å². The Bertz CT molecular complexity index is 433. The highest BCUT2D eigenvalue weighted by Gasteiger charge is 2.39. The van der Waals surface area contributed by atoms with Crippen molar-refractivity contribution >= 4 is 15.9 Å². The third-order valence-corrected chi connectivity index (χ3v) is 6.42. The van der Waals surface area contributed by atoms with Crippen molar-refractivity contribution in [1.82, 2.24) is 9.62 Å². The van der Waals surface area contributed by atoms with Crippen LogP contribution in [0.4, 0.5) is 0 Å². The molecule has 2 saturated carbocycles. The first-order valence-electron chi connectivity index (χ1n) is 7.05. The van der Waals surface area contributed by atoms with Gasteiger partial charge in [0.15, 0.2) is 0 Å². The van der Waals surface area contributed by atoms with E-state index in [0.29, 0.717) is 5.92 Å². The highest BCUT2D eigenvalue weighted by molar-refractivity contribution is 7.89. The van der Waals surface area contributed by atoms with Crippen molar-refractivity contribution in [2.24, 2.45) is 17.8 Å². The standard InChI is InChI=1S/C13H24N2O3S/c1-15(2)19(17,18)6-5-13(16)14-9-12-8-10-3-4-11(12)7-10/h10-12H,3-9H2,1-2H3,(H,14,16). The molecule has 2 bridgehead atoms. The Labute approximate surface area is 115 Å². The van der Waals surface area contributed by atoms with Crippen molar-refractivity contribution in [1.29, 1.82) is 0 Å². The average molecular weight is 288 g/mol. The van der Waals surface area contributed by atoms with Crippen LogP contribution in [0.2, 0.25) is 0 Å². The smallest absolute Gasteiger partial charge is 0.221 e.